The summed E-state index contributed by atoms with van der Waals surface area (Å²) in [4.78, 5) is 0. The van der Waals surface area contributed by atoms with Crippen molar-refractivity contribution in [3.63, 3.8) is 0 Å². The highest BCUT2D eigenvalue weighted by Crippen LogP contribution is 2.38. The van der Waals surface area contributed by atoms with E-state index in [0.717, 1.165) is 32.1 Å². The summed E-state index contributed by atoms with van der Waals surface area (Å²) in [5, 5.41) is 21.7. The van der Waals surface area contributed by atoms with Crippen molar-refractivity contribution in [2.24, 2.45) is 11.7 Å². The Bertz CT molecular complexity index is 875. The Balaban J connectivity index is 1.49. The van der Waals surface area contributed by atoms with E-state index in [2.05, 4.69) is 5.32 Å². The number of benzene rings is 2. The number of unbranched alkanes of at least 4 members (excludes halogenated alkanes) is 1. The van der Waals surface area contributed by atoms with E-state index in [1.54, 1.807) is 36.4 Å². The first-order valence-electron chi connectivity index (χ1n) is 10.8. The second-order valence-corrected chi connectivity index (χ2v) is 9.32. The van der Waals surface area contributed by atoms with Gasteiger partial charge in [0.1, 0.15) is 0 Å². The minimum atomic E-state index is -1.26. The first-order chi connectivity index (χ1) is 14.7. The molecule has 0 heterocycles. The zero-order valence-electron chi connectivity index (χ0n) is 17.8. The molecule has 3 rings (SSSR count). The van der Waals surface area contributed by atoms with Crippen LogP contribution in [0.2, 0.25) is 11.3 Å². The maximum absolute atomic E-state index is 14.6. The molecule has 1 aliphatic carbocycles. The van der Waals surface area contributed by atoms with Gasteiger partial charge in [-0.05, 0) is 56.1 Å². The van der Waals surface area contributed by atoms with Gasteiger partial charge >= 0.3 is 7.12 Å². The highest BCUT2D eigenvalue weighted by atomic mass is 35.5. The van der Waals surface area contributed by atoms with Crippen molar-refractivity contribution in [1.82, 2.24) is 5.32 Å². The lowest BCUT2D eigenvalue weighted by Gasteiger charge is -2.46. The number of rotatable bonds is 10. The fourth-order valence-electron chi connectivity index (χ4n) is 4.19. The molecule has 0 amide bonds. The van der Waals surface area contributed by atoms with Crippen LogP contribution in [-0.2, 0) is 6.54 Å². The van der Waals surface area contributed by atoms with E-state index in [9.17, 15) is 8.78 Å². The van der Waals surface area contributed by atoms with Gasteiger partial charge in [-0.1, -0.05) is 48.7 Å². The second-order valence-electron chi connectivity index (χ2n) is 8.89. The molecule has 0 radical (unpaired) electrons. The van der Waals surface area contributed by atoms with Crippen molar-refractivity contribution in [3.05, 3.63) is 58.6 Å². The predicted octanol–water partition coefficient (Wildman–Crippen LogP) is 4.51. The molecule has 8 heteroatoms. The molecule has 0 aromatic heterocycles. The van der Waals surface area contributed by atoms with Gasteiger partial charge in [-0.25, -0.2) is 8.78 Å². The summed E-state index contributed by atoms with van der Waals surface area (Å²) in [5.41, 5.74) is 7.25. The van der Waals surface area contributed by atoms with Crippen LogP contribution in [-0.4, -0.2) is 28.7 Å². The third-order valence-corrected chi connectivity index (χ3v) is 6.65. The molecule has 0 aliphatic heterocycles. The van der Waals surface area contributed by atoms with Gasteiger partial charge in [0.2, 0.25) is 0 Å². The van der Waals surface area contributed by atoms with E-state index in [4.69, 9.17) is 27.4 Å². The lowest BCUT2D eigenvalue weighted by atomic mass is 9.67. The van der Waals surface area contributed by atoms with Gasteiger partial charge in [0, 0.05) is 34.3 Å². The summed E-state index contributed by atoms with van der Waals surface area (Å²) in [6.07, 6.45) is 4.55. The average Bonchev–Trinajstić information content (AvgIpc) is 2.68. The van der Waals surface area contributed by atoms with Crippen LogP contribution in [0, 0.1) is 17.6 Å². The van der Waals surface area contributed by atoms with Crippen molar-refractivity contribution >= 4 is 18.7 Å². The summed E-state index contributed by atoms with van der Waals surface area (Å²) < 4.78 is 29.2. The van der Waals surface area contributed by atoms with E-state index in [1.165, 1.54) is 0 Å². The van der Waals surface area contributed by atoms with E-state index in [-0.39, 0.29) is 23.7 Å². The highest BCUT2D eigenvalue weighted by molar-refractivity contribution is 6.40. The van der Waals surface area contributed by atoms with E-state index >= 15 is 0 Å². The fraction of sp³-hybridized carbons (Fsp3) is 0.478. The summed E-state index contributed by atoms with van der Waals surface area (Å²) in [6, 6.07) is 10.1. The largest absolute Gasteiger partial charge is 0.451 e. The average molecular weight is 451 g/mol. The predicted molar refractivity (Wildman–Crippen MR) is 122 cm³/mol. The lowest BCUT2D eigenvalue weighted by molar-refractivity contribution is 0.122. The zero-order valence-corrected chi connectivity index (χ0v) is 18.5. The Kier molecular flexibility index (Phi) is 8.11. The Morgan fingerprint density at radius 3 is 2.42 bits per heavy atom. The van der Waals surface area contributed by atoms with E-state index in [0.29, 0.717) is 28.4 Å². The molecule has 1 fully saturated rings. The van der Waals surface area contributed by atoms with Gasteiger partial charge in [0.15, 0.2) is 11.6 Å². The second kappa shape index (κ2) is 10.4. The summed E-state index contributed by atoms with van der Waals surface area (Å²) in [6.45, 7) is 2.30. The Morgan fingerprint density at radius 2 is 1.77 bits per heavy atom. The maximum atomic E-state index is 14.6. The zero-order chi connectivity index (χ0) is 22.6. The lowest BCUT2D eigenvalue weighted by Crippen LogP contribution is -2.54. The molecule has 1 aliphatic rings. The highest BCUT2D eigenvalue weighted by Gasteiger charge is 2.39. The van der Waals surface area contributed by atoms with Crippen LogP contribution in [0.4, 0.5) is 8.78 Å². The Morgan fingerprint density at radius 1 is 1.10 bits per heavy atom. The first kappa shape index (κ1) is 24.1. The molecule has 0 spiro atoms. The van der Waals surface area contributed by atoms with Crippen molar-refractivity contribution in [3.8, 4) is 11.1 Å². The number of halogens is 3. The monoisotopic (exact) mass is 450 g/mol. The van der Waals surface area contributed by atoms with Crippen LogP contribution in [0.1, 0.15) is 44.6 Å². The first-order valence-corrected chi connectivity index (χ1v) is 11.2. The molecule has 1 saturated carbocycles. The van der Waals surface area contributed by atoms with Crippen LogP contribution in [0.3, 0.4) is 0 Å². The van der Waals surface area contributed by atoms with Gasteiger partial charge in [-0.15, -0.1) is 0 Å². The van der Waals surface area contributed by atoms with E-state index < -0.39 is 18.8 Å². The van der Waals surface area contributed by atoms with Gasteiger partial charge in [0.05, 0.1) is 0 Å². The molecule has 31 heavy (non-hydrogen) atoms. The molecular formula is C23H30BClF2N2O2. The molecule has 1 unspecified atom stereocenters. The smallest absolute Gasteiger partial charge is 0.427 e. The van der Waals surface area contributed by atoms with Gasteiger partial charge in [-0.2, -0.15) is 0 Å². The van der Waals surface area contributed by atoms with Gasteiger partial charge in [0.25, 0.3) is 0 Å². The Hall–Kier alpha value is -1.51. The summed E-state index contributed by atoms with van der Waals surface area (Å²) >= 11 is 5.86. The Labute approximate surface area is 188 Å². The molecule has 5 N–H and O–H groups in total. The van der Waals surface area contributed by atoms with Gasteiger partial charge < -0.3 is 21.1 Å². The van der Waals surface area contributed by atoms with Crippen LogP contribution in [0.15, 0.2) is 36.4 Å². The molecule has 1 atom stereocenters. The molecule has 4 nitrogen and oxygen atoms in total. The summed E-state index contributed by atoms with van der Waals surface area (Å²) in [7, 11) is -1.26. The number of hydrogen-bond acceptors (Lipinski definition) is 4. The summed E-state index contributed by atoms with van der Waals surface area (Å²) in [5.74, 6) is -1.32. The maximum Gasteiger partial charge on any atom is 0.451 e. The third kappa shape index (κ3) is 6.27. The number of hydrogen-bond donors (Lipinski definition) is 4. The van der Waals surface area contributed by atoms with Crippen LogP contribution in [0.25, 0.3) is 11.1 Å². The molecular weight excluding hydrogens is 421 g/mol. The van der Waals surface area contributed by atoms with Crippen molar-refractivity contribution in [2.75, 3.05) is 0 Å². The number of nitrogens with two attached hydrogens (primary N) is 1. The van der Waals surface area contributed by atoms with Crippen LogP contribution in [0.5, 0.6) is 0 Å². The van der Waals surface area contributed by atoms with Crippen molar-refractivity contribution in [2.45, 2.75) is 63.5 Å². The fourth-order valence-corrected chi connectivity index (χ4v) is 4.32. The molecule has 2 aromatic carbocycles. The molecule has 0 saturated heterocycles. The topological polar surface area (TPSA) is 78.5 Å². The van der Waals surface area contributed by atoms with Gasteiger partial charge in [-0.3, -0.25) is 0 Å². The number of nitrogens with one attached hydrogen (secondary N) is 1. The minimum absolute atomic E-state index is 0.217. The van der Waals surface area contributed by atoms with Crippen LogP contribution < -0.4 is 11.1 Å². The quantitative estimate of drug-likeness (QED) is 0.317. The SMILES string of the molecule is CC(N)(CCCCB(O)O)C1CC(NCc2ccc(-c3ccc(Cl)cc3)c(F)c2F)C1. The van der Waals surface area contributed by atoms with E-state index in [1.807, 2.05) is 6.92 Å². The normalized spacial score (nSPS) is 20.2. The molecule has 0 bridgehead atoms. The third-order valence-electron chi connectivity index (χ3n) is 6.40. The molecule has 168 valence electrons. The standard InChI is InChI=1S/C23H30BClF2N2O2/c1-23(28,10-2-3-11-24(30)31)17-12-19(13-17)29-14-16-6-9-20(22(27)21(16)26)15-4-7-18(25)8-5-15/h4-9,17,19,29-31H,2-3,10-14,28H2,1H3. The van der Waals surface area contributed by atoms with Crippen molar-refractivity contribution < 1.29 is 18.8 Å². The van der Waals surface area contributed by atoms with Crippen LogP contribution >= 0.6 is 11.6 Å². The van der Waals surface area contributed by atoms with Crippen molar-refractivity contribution in [1.29, 1.82) is 0 Å². The molecule has 2 aromatic rings. The minimum Gasteiger partial charge on any atom is -0.427 e.